The topological polar surface area (TPSA) is 15.2 Å². The molecule has 1 spiro atoms. The summed E-state index contributed by atoms with van der Waals surface area (Å²) in [5.74, 6) is 2.13. The van der Waals surface area contributed by atoms with Gasteiger partial charge in [0.25, 0.3) is 0 Å². The van der Waals surface area contributed by atoms with Crippen molar-refractivity contribution in [2.24, 2.45) is 5.92 Å². The lowest BCUT2D eigenvalue weighted by Crippen LogP contribution is -2.32. The molecule has 3 heteroatoms. The lowest BCUT2D eigenvalue weighted by Gasteiger charge is -2.39. The Balaban J connectivity index is 0.881. The number of ether oxygens (including phenoxy) is 1. The molecule has 3 aliphatic heterocycles. The van der Waals surface area contributed by atoms with Gasteiger partial charge in [0, 0.05) is 22.7 Å². The SMILES string of the molecule is C1=Cc2cc(C3C=C(C4C=CC(c5ccc6c(c5)C5(c7ccccc7O6)c6ccccc6-c6ccccc65)=CC4)N4C(c5ccccc5)N34)cc3cccc(c23)C1. The minimum absolute atomic E-state index is 0.181. The Morgan fingerprint density at radius 1 is 0.614 bits per heavy atom. The van der Waals surface area contributed by atoms with Crippen molar-refractivity contribution in [1.29, 1.82) is 0 Å². The van der Waals surface area contributed by atoms with Crippen molar-refractivity contribution in [2.45, 2.75) is 30.5 Å². The third kappa shape index (κ3) is 4.35. The number of hydrazine groups is 1. The van der Waals surface area contributed by atoms with Gasteiger partial charge in [0.15, 0.2) is 0 Å². The summed E-state index contributed by atoms with van der Waals surface area (Å²) in [4.78, 5) is 0. The van der Waals surface area contributed by atoms with E-state index in [9.17, 15) is 0 Å². The van der Waals surface area contributed by atoms with Gasteiger partial charge in [0.05, 0.1) is 11.5 Å². The second-order valence-corrected chi connectivity index (χ2v) is 16.3. The Bertz CT molecular complexity index is 2940. The van der Waals surface area contributed by atoms with E-state index in [1.165, 1.54) is 83.2 Å². The van der Waals surface area contributed by atoms with Crippen LogP contribution in [0.4, 0.5) is 0 Å². The monoisotopic (exact) mass is 730 g/mol. The number of allylic oxidation sites excluding steroid dienone is 5. The van der Waals surface area contributed by atoms with Crippen LogP contribution in [-0.4, -0.2) is 10.0 Å². The van der Waals surface area contributed by atoms with E-state index < -0.39 is 5.41 Å². The van der Waals surface area contributed by atoms with E-state index in [1.807, 2.05) is 0 Å². The van der Waals surface area contributed by atoms with Crippen molar-refractivity contribution >= 4 is 22.4 Å². The Morgan fingerprint density at radius 3 is 2.18 bits per heavy atom. The average molecular weight is 731 g/mol. The molecule has 7 aromatic rings. The molecule has 0 saturated carbocycles. The van der Waals surface area contributed by atoms with Gasteiger partial charge in [0.2, 0.25) is 0 Å². The highest BCUT2D eigenvalue weighted by Crippen LogP contribution is 2.63. The van der Waals surface area contributed by atoms with Crippen LogP contribution in [0.2, 0.25) is 0 Å². The molecule has 1 saturated heterocycles. The fraction of sp³-hybridized carbons (Fsp3) is 0.111. The third-order valence-corrected chi connectivity index (χ3v) is 13.4. The van der Waals surface area contributed by atoms with Crippen LogP contribution in [0.3, 0.4) is 0 Å². The Labute approximate surface area is 332 Å². The molecular weight excluding hydrogens is 693 g/mol. The van der Waals surface area contributed by atoms with Crippen LogP contribution in [0.15, 0.2) is 188 Å². The lowest BCUT2D eigenvalue weighted by atomic mass is 9.65. The summed E-state index contributed by atoms with van der Waals surface area (Å²) in [5, 5.41) is 7.89. The number of rotatable bonds is 4. The van der Waals surface area contributed by atoms with Crippen LogP contribution in [0.25, 0.3) is 33.5 Å². The van der Waals surface area contributed by atoms with Gasteiger partial charge in [-0.2, -0.15) is 5.01 Å². The number of hydrogen-bond donors (Lipinski definition) is 0. The predicted octanol–water partition coefficient (Wildman–Crippen LogP) is 12.7. The summed E-state index contributed by atoms with van der Waals surface area (Å²) in [6.45, 7) is 0. The maximum Gasteiger partial charge on any atom is 0.141 e. The van der Waals surface area contributed by atoms with Gasteiger partial charge >= 0.3 is 0 Å². The Hall–Kier alpha value is -6.68. The molecule has 3 aliphatic carbocycles. The molecule has 0 N–H and O–H groups in total. The highest BCUT2D eigenvalue weighted by Gasteiger charge is 2.57. The summed E-state index contributed by atoms with van der Waals surface area (Å²) in [5.41, 5.74) is 16.5. The second-order valence-electron chi connectivity index (χ2n) is 16.3. The van der Waals surface area contributed by atoms with Crippen LogP contribution < -0.4 is 4.74 Å². The smallest absolute Gasteiger partial charge is 0.141 e. The van der Waals surface area contributed by atoms with Crippen LogP contribution in [0, 0.1) is 5.92 Å². The van der Waals surface area contributed by atoms with Gasteiger partial charge in [0.1, 0.15) is 17.7 Å². The van der Waals surface area contributed by atoms with E-state index in [2.05, 4.69) is 198 Å². The fourth-order valence-corrected chi connectivity index (χ4v) is 11.0. The molecule has 3 nitrogen and oxygen atoms in total. The van der Waals surface area contributed by atoms with Gasteiger partial charge in [-0.15, -0.1) is 0 Å². The maximum absolute atomic E-state index is 6.72. The Kier molecular flexibility index (Phi) is 6.45. The van der Waals surface area contributed by atoms with E-state index in [0.717, 1.165) is 24.3 Å². The van der Waals surface area contributed by atoms with Crippen LogP contribution in [0.1, 0.15) is 68.7 Å². The van der Waals surface area contributed by atoms with Gasteiger partial charge < -0.3 is 4.74 Å². The highest BCUT2D eigenvalue weighted by atomic mass is 16.5. The molecule has 3 heterocycles. The lowest BCUT2D eigenvalue weighted by molar-refractivity contribution is 0.338. The molecule has 6 aliphatic rings. The maximum atomic E-state index is 6.72. The first-order valence-electron chi connectivity index (χ1n) is 20.3. The average Bonchev–Trinajstić information content (AvgIpc) is 3.77. The van der Waals surface area contributed by atoms with Crippen molar-refractivity contribution in [3.05, 3.63) is 238 Å². The molecule has 57 heavy (non-hydrogen) atoms. The minimum atomic E-state index is -0.466. The molecule has 13 rings (SSSR count). The minimum Gasteiger partial charge on any atom is -0.457 e. The van der Waals surface area contributed by atoms with E-state index >= 15 is 0 Å². The van der Waals surface area contributed by atoms with Crippen molar-refractivity contribution < 1.29 is 4.74 Å². The molecule has 4 unspecified atom stereocenters. The Morgan fingerprint density at radius 2 is 1.37 bits per heavy atom. The second kappa shape index (κ2) is 11.7. The number of hydrogen-bond acceptors (Lipinski definition) is 3. The highest BCUT2D eigenvalue weighted by molar-refractivity contribution is 5.96. The zero-order chi connectivity index (χ0) is 37.2. The molecule has 1 fully saturated rings. The third-order valence-electron chi connectivity index (χ3n) is 13.4. The summed E-state index contributed by atoms with van der Waals surface area (Å²) in [6, 6.07) is 56.2. The molecular formula is C54H38N2O. The van der Waals surface area contributed by atoms with Gasteiger partial charge in [-0.1, -0.05) is 152 Å². The zero-order valence-electron chi connectivity index (χ0n) is 31.3. The largest absolute Gasteiger partial charge is 0.457 e. The summed E-state index contributed by atoms with van der Waals surface area (Å²) in [7, 11) is 0. The van der Waals surface area contributed by atoms with Crippen molar-refractivity contribution in [1.82, 2.24) is 10.0 Å². The standard InChI is InChI=1S/C54H38N2O/c1-2-12-37(13-3-1)53-55-48(33-49(56(53)55)41-30-39-16-10-14-36-15-11-17-40(31-41)52(36)39)35-26-24-34(25-27-35)38-28-29-51-47(32-38)54(46-22-8-9-23-50(46)57-51)44-20-6-4-18-42(44)43-19-5-7-21-45(43)54/h1-14,16-26,28-33,35,49,53H,15,27H2. The van der Waals surface area contributed by atoms with Gasteiger partial charge in [-0.25, -0.2) is 0 Å². The number of fused-ring (bicyclic) bond motifs is 10. The van der Waals surface area contributed by atoms with E-state index in [0.29, 0.717) is 0 Å². The van der Waals surface area contributed by atoms with Crippen LogP contribution >= 0.6 is 0 Å². The van der Waals surface area contributed by atoms with Crippen molar-refractivity contribution in [2.75, 3.05) is 0 Å². The predicted molar refractivity (Wildman–Crippen MR) is 229 cm³/mol. The first-order valence-corrected chi connectivity index (χ1v) is 20.3. The van der Waals surface area contributed by atoms with Crippen molar-refractivity contribution in [3.8, 4) is 22.6 Å². The van der Waals surface area contributed by atoms with Crippen molar-refractivity contribution in [3.63, 3.8) is 0 Å². The molecule has 7 aromatic carbocycles. The summed E-state index contributed by atoms with van der Waals surface area (Å²) in [6.07, 6.45) is 16.6. The number of para-hydroxylation sites is 1. The van der Waals surface area contributed by atoms with E-state index in [-0.39, 0.29) is 18.1 Å². The van der Waals surface area contributed by atoms with E-state index in [4.69, 9.17) is 4.74 Å². The first kappa shape index (κ1) is 31.5. The molecule has 0 radical (unpaired) electrons. The normalized spacial score (nSPS) is 22.2. The number of benzene rings is 7. The molecule has 0 bridgehead atoms. The van der Waals surface area contributed by atoms with Gasteiger partial charge in [-0.05, 0) is 116 Å². The number of nitrogens with zero attached hydrogens (tertiary/aromatic N) is 2. The first-order chi connectivity index (χ1) is 28.3. The molecule has 0 amide bonds. The molecule has 4 atom stereocenters. The molecule has 270 valence electrons. The molecule has 0 aromatic heterocycles. The summed E-state index contributed by atoms with van der Waals surface area (Å²) >= 11 is 0. The van der Waals surface area contributed by atoms with Gasteiger partial charge in [-0.3, -0.25) is 5.01 Å². The zero-order valence-corrected chi connectivity index (χ0v) is 31.3. The summed E-state index contributed by atoms with van der Waals surface area (Å²) < 4.78 is 6.72. The van der Waals surface area contributed by atoms with Crippen LogP contribution in [0.5, 0.6) is 11.5 Å². The van der Waals surface area contributed by atoms with Crippen LogP contribution in [-0.2, 0) is 11.8 Å². The van der Waals surface area contributed by atoms with E-state index in [1.54, 1.807) is 0 Å². The fourth-order valence-electron chi connectivity index (χ4n) is 11.0. The quantitative estimate of drug-likeness (QED) is 0.168.